The van der Waals surface area contributed by atoms with Gasteiger partial charge in [0, 0.05) is 24.2 Å². The van der Waals surface area contributed by atoms with Crippen molar-refractivity contribution in [3.05, 3.63) is 77.7 Å². The van der Waals surface area contributed by atoms with E-state index in [0.29, 0.717) is 5.78 Å². The van der Waals surface area contributed by atoms with E-state index in [1.165, 1.54) is 0 Å². The van der Waals surface area contributed by atoms with Crippen molar-refractivity contribution in [2.75, 3.05) is 0 Å². The van der Waals surface area contributed by atoms with Crippen LogP contribution < -0.4 is 4.57 Å². The lowest BCUT2D eigenvalue weighted by Gasteiger charge is -2.19. The lowest BCUT2D eigenvalue weighted by molar-refractivity contribution is -0.660. The fourth-order valence-corrected chi connectivity index (χ4v) is 4.24. The number of benzene rings is 2. The van der Waals surface area contributed by atoms with Crippen LogP contribution in [0.2, 0.25) is 0 Å². The molecule has 0 bridgehead atoms. The number of hydrogen-bond donors (Lipinski definition) is 0. The van der Waals surface area contributed by atoms with Crippen LogP contribution in [0.15, 0.2) is 61.1 Å². The molecule has 3 aromatic heterocycles. The highest BCUT2D eigenvalue weighted by atomic mass is 15.3. The number of rotatable bonds is 3. The Labute approximate surface area is 196 Å². The van der Waals surface area contributed by atoms with Gasteiger partial charge in [-0.05, 0) is 61.0 Å². The zero-order valence-corrected chi connectivity index (χ0v) is 19.0. The molecule has 5 nitrogen and oxygen atoms in total. The summed E-state index contributed by atoms with van der Waals surface area (Å²) in [7, 11) is 1.80. The van der Waals surface area contributed by atoms with Gasteiger partial charge in [-0.25, -0.2) is 4.57 Å². The minimum absolute atomic E-state index is 0.0228. The third-order valence-electron chi connectivity index (χ3n) is 5.63. The van der Waals surface area contributed by atoms with E-state index in [-0.39, 0.29) is 11.1 Å². The maximum Gasteiger partial charge on any atom is 0.240 e. The van der Waals surface area contributed by atoms with E-state index in [9.17, 15) is 0 Å². The maximum atomic E-state index is 8.94. The summed E-state index contributed by atoms with van der Waals surface area (Å²) in [6, 6.07) is 15.8. The van der Waals surface area contributed by atoms with Gasteiger partial charge < -0.3 is 0 Å². The molecule has 3 heterocycles. The molecule has 0 radical (unpaired) electrons. The molecule has 32 heavy (non-hydrogen) atoms. The Morgan fingerprint density at radius 2 is 1.84 bits per heavy atom. The normalized spacial score (nSPS) is 15.3. The van der Waals surface area contributed by atoms with Crippen LogP contribution in [0.5, 0.6) is 0 Å². The fraction of sp³-hybridized carbons (Fsp3) is 0.296. The van der Waals surface area contributed by atoms with Gasteiger partial charge in [0.25, 0.3) is 0 Å². The van der Waals surface area contributed by atoms with Crippen LogP contribution in [-0.4, -0.2) is 19.2 Å². The van der Waals surface area contributed by atoms with Gasteiger partial charge in [-0.3, -0.25) is 8.97 Å². The van der Waals surface area contributed by atoms with Gasteiger partial charge in [0.05, 0.1) is 16.6 Å². The second-order valence-electron chi connectivity index (χ2n) is 9.30. The second kappa shape index (κ2) is 7.30. The fourth-order valence-electron chi connectivity index (χ4n) is 4.24. The van der Waals surface area contributed by atoms with Gasteiger partial charge in [-0.1, -0.05) is 39.0 Å². The molecule has 0 aliphatic carbocycles. The van der Waals surface area contributed by atoms with Crippen LogP contribution in [-0.2, 0) is 13.4 Å². The summed E-state index contributed by atoms with van der Waals surface area (Å²) in [5.74, 6) is 0.685. The van der Waals surface area contributed by atoms with Crippen LogP contribution in [0, 0.1) is 19.2 Å². The average molecular weight is 430 g/mol. The summed E-state index contributed by atoms with van der Waals surface area (Å²) in [6.45, 7) is 4.91. The molecule has 0 spiro atoms. The molecule has 162 valence electrons. The minimum Gasteiger partial charge on any atom is -0.277 e. The molecule has 0 amide bonds. The van der Waals surface area contributed by atoms with E-state index >= 15 is 0 Å². The molecule has 0 saturated heterocycles. The summed E-state index contributed by atoms with van der Waals surface area (Å²) in [5, 5.41) is 8.46. The van der Waals surface area contributed by atoms with E-state index in [1.807, 2.05) is 46.2 Å². The van der Waals surface area contributed by atoms with Crippen molar-refractivity contribution in [2.24, 2.45) is 12.5 Å². The molecular weight excluding hydrogens is 394 g/mol. The zero-order valence-electron chi connectivity index (χ0n) is 24.0. The number of fused-ring (bicyclic) bond motifs is 3. The molecule has 5 aromatic rings. The predicted molar refractivity (Wildman–Crippen MR) is 129 cm³/mol. The monoisotopic (exact) mass is 429 g/mol. The van der Waals surface area contributed by atoms with E-state index < -0.39 is 18.6 Å². The molecule has 0 N–H and O–H groups in total. The Hall–Kier alpha value is -3.47. The number of hydrogen-bond acceptors (Lipinski definition) is 2. The van der Waals surface area contributed by atoms with E-state index in [2.05, 4.69) is 22.3 Å². The Balaban J connectivity index is 1.84. The van der Waals surface area contributed by atoms with Crippen LogP contribution in [0.1, 0.15) is 44.3 Å². The molecule has 0 aliphatic heterocycles. The number of aromatic nitrogens is 5. The SMILES string of the molecule is [2H]C([2H])([2H])c1c[n+](C)c(-c2cc3c(cc2C)n2cnnc2n3-c2ccccc2)cc1C([2H])([2H])C(C)(C)C. The number of pyridine rings is 1. The summed E-state index contributed by atoms with van der Waals surface area (Å²) in [5.41, 5.74) is 4.76. The molecular formula is C27H30N5+. The van der Waals surface area contributed by atoms with E-state index in [0.717, 1.165) is 33.5 Å². The van der Waals surface area contributed by atoms with E-state index in [4.69, 9.17) is 6.85 Å². The first-order valence-electron chi connectivity index (χ1n) is 13.2. The Morgan fingerprint density at radius 1 is 1.06 bits per heavy atom. The van der Waals surface area contributed by atoms with Gasteiger partial charge in [0.1, 0.15) is 13.4 Å². The first kappa shape index (κ1) is 15.4. The van der Waals surface area contributed by atoms with Crippen molar-refractivity contribution >= 4 is 16.8 Å². The molecule has 2 aromatic carbocycles. The molecule has 0 atom stereocenters. The molecule has 5 heteroatoms. The maximum absolute atomic E-state index is 8.94. The van der Waals surface area contributed by atoms with Crippen LogP contribution in [0.25, 0.3) is 33.8 Å². The zero-order chi connectivity index (χ0) is 26.9. The van der Waals surface area contributed by atoms with Crippen molar-refractivity contribution in [3.63, 3.8) is 0 Å². The van der Waals surface area contributed by atoms with Crippen molar-refractivity contribution in [1.29, 1.82) is 0 Å². The Morgan fingerprint density at radius 3 is 2.56 bits per heavy atom. The highest BCUT2D eigenvalue weighted by molar-refractivity contribution is 5.88. The number of aryl methyl sites for hydroxylation is 3. The Bertz CT molecular complexity index is 1640. The number of para-hydroxylation sites is 1. The highest BCUT2D eigenvalue weighted by Gasteiger charge is 2.22. The molecule has 5 rings (SSSR count). The summed E-state index contributed by atoms with van der Waals surface area (Å²) in [6.07, 6.45) is 1.36. The van der Waals surface area contributed by atoms with Gasteiger partial charge >= 0.3 is 0 Å². The van der Waals surface area contributed by atoms with Gasteiger partial charge in [0.2, 0.25) is 11.5 Å². The topological polar surface area (TPSA) is 39.0 Å². The third kappa shape index (κ3) is 3.38. The second-order valence-corrected chi connectivity index (χ2v) is 9.30. The summed E-state index contributed by atoms with van der Waals surface area (Å²) in [4.78, 5) is 0. The smallest absolute Gasteiger partial charge is 0.240 e. The first-order chi connectivity index (χ1) is 17.2. The van der Waals surface area contributed by atoms with Crippen LogP contribution in [0.3, 0.4) is 0 Å². The average Bonchev–Trinajstić information content (AvgIpc) is 3.38. The van der Waals surface area contributed by atoms with Crippen LogP contribution >= 0.6 is 0 Å². The van der Waals surface area contributed by atoms with Crippen LogP contribution in [0.4, 0.5) is 0 Å². The number of nitrogens with zero attached hydrogens (tertiary/aromatic N) is 5. The van der Waals surface area contributed by atoms with Crippen molar-refractivity contribution in [3.8, 4) is 16.9 Å². The highest BCUT2D eigenvalue weighted by Crippen LogP contribution is 2.32. The lowest BCUT2D eigenvalue weighted by Crippen LogP contribution is -2.32. The molecule has 0 saturated carbocycles. The molecule has 0 unspecified atom stereocenters. The number of imidazole rings is 1. The van der Waals surface area contributed by atoms with Crippen molar-refractivity contribution in [2.45, 2.75) is 40.9 Å². The summed E-state index contributed by atoms with van der Waals surface area (Å²) < 4.78 is 48.0. The summed E-state index contributed by atoms with van der Waals surface area (Å²) >= 11 is 0. The quantitative estimate of drug-likeness (QED) is 0.362. The lowest BCUT2D eigenvalue weighted by atomic mass is 9.86. The largest absolute Gasteiger partial charge is 0.277 e. The molecule has 0 fully saturated rings. The molecule has 0 aliphatic rings. The van der Waals surface area contributed by atoms with Gasteiger partial charge in [0.15, 0.2) is 6.20 Å². The predicted octanol–water partition coefficient (Wildman–Crippen LogP) is 5.37. The van der Waals surface area contributed by atoms with Crippen molar-refractivity contribution in [1.82, 2.24) is 19.2 Å². The van der Waals surface area contributed by atoms with Crippen molar-refractivity contribution < 1.29 is 11.4 Å². The third-order valence-corrected chi connectivity index (χ3v) is 5.63. The van der Waals surface area contributed by atoms with Gasteiger partial charge in [-0.2, -0.15) is 0 Å². The van der Waals surface area contributed by atoms with Gasteiger partial charge in [-0.15, -0.1) is 10.2 Å². The minimum atomic E-state index is -2.45. The Kier molecular flexibility index (Phi) is 3.50. The van der Waals surface area contributed by atoms with E-state index in [1.54, 1.807) is 51.0 Å². The first-order valence-corrected chi connectivity index (χ1v) is 10.7. The standard InChI is InChI=1S/C27H30N5/c1-18-12-24-25(32(21-10-8-7-9-11-21)26-29-28-17-31(24)26)14-22(18)23-13-20(15-27(3,4)5)19(2)16-30(23)6/h7-14,16-17H,15H2,1-6H3/q+1/i2D3,15D2.